The van der Waals surface area contributed by atoms with E-state index in [2.05, 4.69) is 33.0 Å². The van der Waals surface area contributed by atoms with E-state index in [1.807, 2.05) is 13.8 Å². The van der Waals surface area contributed by atoms with Crippen LogP contribution in [0.1, 0.15) is 60.8 Å². The van der Waals surface area contributed by atoms with Crippen LogP contribution in [-0.4, -0.2) is 22.8 Å². The summed E-state index contributed by atoms with van der Waals surface area (Å²) in [5.41, 5.74) is 0.161. The van der Waals surface area contributed by atoms with Gasteiger partial charge < -0.3 is 10.4 Å². The summed E-state index contributed by atoms with van der Waals surface area (Å²) in [4.78, 5) is 0. The van der Waals surface area contributed by atoms with Gasteiger partial charge in [-0.25, -0.2) is 0 Å². The first-order valence-electron chi connectivity index (χ1n) is 7.06. The summed E-state index contributed by atoms with van der Waals surface area (Å²) in [5.74, 6) is 0.860. The third-order valence-corrected chi connectivity index (χ3v) is 5.75. The van der Waals surface area contributed by atoms with Crippen molar-refractivity contribution >= 4 is 0 Å². The SMILES string of the molecule is CC(NC1C2(C)CCC(C2)C1(C)C)C(C)(C)O. The smallest absolute Gasteiger partial charge is 0.0741 e. The number of aliphatic hydroxyl groups is 1. The van der Waals surface area contributed by atoms with Crippen molar-refractivity contribution in [3.05, 3.63) is 0 Å². The monoisotopic (exact) mass is 239 g/mol. The summed E-state index contributed by atoms with van der Waals surface area (Å²) in [6.07, 6.45) is 4.09. The van der Waals surface area contributed by atoms with Crippen LogP contribution in [0.3, 0.4) is 0 Å². The molecule has 2 rings (SSSR count). The Morgan fingerprint density at radius 1 is 1.29 bits per heavy atom. The van der Waals surface area contributed by atoms with Crippen LogP contribution in [0.5, 0.6) is 0 Å². The van der Waals surface area contributed by atoms with Gasteiger partial charge in [0.15, 0.2) is 0 Å². The summed E-state index contributed by atoms with van der Waals surface area (Å²) in [6.45, 7) is 13.1. The van der Waals surface area contributed by atoms with E-state index in [1.54, 1.807) is 0 Å². The lowest BCUT2D eigenvalue weighted by atomic mass is 9.68. The molecule has 0 saturated heterocycles. The average Bonchev–Trinajstić information content (AvgIpc) is 2.62. The first kappa shape index (κ1) is 13.4. The molecule has 0 spiro atoms. The van der Waals surface area contributed by atoms with Gasteiger partial charge in [-0.3, -0.25) is 0 Å². The molecule has 100 valence electrons. The zero-order valence-electron chi connectivity index (χ0n) is 12.3. The van der Waals surface area contributed by atoms with Crippen LogP contribution < -0.4 is 5.32 Å². The molecule has 2 aliphatic rings. The molecule has 0 aromatic heterocycles. The van der Waals surface area contributed by atoms with Gasteiger partial charge >= 0.3 is 0 Å². The third-order valence-electron chi connectivity index (χ3n) is 5.75. The Kier molecular flexibility index (Phi) is 2.91. The van der Waals surface area contributed by atoms with Gasteiger partial charge in [-0.05, 0) is 56.8 Å². The van der Waals surface area contributed by atoms with E-state index >= 15 is 0 Å². The maximum atomic E-state index is 10.1. The minimum atomic E-state index is -0.645. The lowest BCUT2D eigenvalue weighted by Gasteiger charge is -2.46. The van der Waals surface area contributed by atoms with Crippen molar-refractivity contribution in [3.63, 3.8) is 0 Å². The summed E-state index contributed by atoms with van der Waals surface area (Å²) < 4.78 is 0. The van der Waals surface area contributed by atoms with Gasteiger partial charge in [-0.2, -0.15) is 0 Å². The van der Waals surface area contributed by atoms with Crippen LogP contribution in [0.4, 0.5) is 0 Å². The van der Waals surface area contributed by atoms with Crippen LogP contribution in [0.25, 0.3) is 0 Å². The Bertz CT molecular complexity index is 300. The summed E-state index contributed by atoms with van der Waals surface area (Å²) in [5, 5.41) is 13.8. The molecule has 0 heterocycles. The van der Waals surface area contributed by atoms with E-state index in [4.69, 9.17) is 0 Å². The Morgan fingerprint density at radius 2 is 1.88 bits per heavy atom. The molecule has 2 heteroatoms. The molecule has 4 atom stereocenters. The molecule has 0 radical (unpaired) electrons. The third kappa shape index (κ3) is 2.04. The van der Waals surface area contributed by atoms with E-state index in [0.717, 1.165) is 5.92 Å². The second kappa shape index (κ2) is 3.71. The average molecular weight is 239 g/mol. The molecule has 0 aromatic carbocycles. The molecular formula is C15H29NO. The van der Waals surface area contributed by atoms with Crippen molar-refractivity contribution in [2.45, 2.75) is 78.5 Å². The predicted octanol–water partition coefficient (Wildman–Crippen LogP) is 2.95. The molecule has 0 aromatic rings. The van der Waals surface area contributed by atoms with Crippen molar-refractivity contribution < 1.29 is 5.11 Å². The molecule has 0 amide bonds. The van der Waals surface area contributed by atoms with Gasteiger partial charge in [0.25, 0.3) is 0 Å². The summed E-state index contributed by atoms with van der Waals surface area (Å²) in [7, 11) is 0. The Labute approximate surface area is 106 Å². The van der Waals surface area contributed by atoms with Crippen molar-refractivity contribution in [2.24, 2.45) is 16.7 Å². The van der Waals surface area contributed by atoms with Crippen LogP contribution in [0, 0.1) is 16.7 Å². The Balaban J connectivity index is 2.16. The standard InChI is InChI=1S/C15H29NO/c1-10(14(4,5)17)16-12-13(2,3)11-7-8-15(12,6)9-11/h10-12,16-17H,7-9H2,1-6H3. The fraction of sp³-hybridized carbons (Fsp3) is 1.00. The quantitative estimate of drug-likeness (QED) is 0.793. The molecule has 2 nitrogen and oxygen atoms in total. The fourth-order valence-corrected chi connectivity index (χ4v) is 4.17. The zero-order chi connectivity index (χ0) is 13.1. The molecule has 2 fully saturated rings. The van der Waals surface area contributed by atoms with Crippen molar-refractivity contribution in [2.75, 3.05) is 0 Å². The number of hydrogen-bond acceptors (Lipinski definition) is 2. The number of nitrogens with one attached hydrogen (secondary N) is 1. The minimum absolute atomic E-state index is 0.142. The molecule has 4 unspecified atom stereocenters. The van der Waals surface area contributed by atoms with Crippen molar-refractivity contribution in [3.8, 4) is 0 Å². The number of rotatable bonds is 3. The molecule has 2 saturated carbocycles. The zero-order valence-corrected chi connectivity index (χ0v) is 12.3. The first-order valence-corrected chi connectivity index (χ1v) is 7.06. The van der Waals surface area contributed by atoms with Gasteiger partial charge in [-0.1, -0.05) is 20.8 Å². The van der Waals surface area contributed by atoms with Gasteiger partial charge in [0, 0.05) is 12.1 Å². The van der Waals surface area contributed by atoms with Gasteiger partial charge in [0.05, 0.1) is 5.60 Å². The summed E-state index contributed by atoms with van der Waals surface area (Å²) in [6, 6.07) is 0.679. The molecule has 17 heavy (non-hydrogen) atoms. The van der Waals surface area contributed by atoms with Crippen LogP contribution >= 0.6 is 0 Å². The van der Waals surface area contributed by atoms with Crippen LogP contribution in [0.2, 0.25) is 0 Å². The highest BCUT2D eigenvalue weighted by Gasteiger charge is 2.59. The predicted molar refractivity (Wildman–Crippen MR) is 71.9 cm³/mol. The largest absolute Gasteiger partial charge is 0.389 e. The number of hydrogen-bond donors (Lipinski definition) is 2. The highest BCUT2D eigenvalue weighted by Crippen LogP contribution is 2.62. The molecule has 2 bridgehead atoms. The van der Waals surface area contributed by atoms with E-state index < -0.39 is 5.60 Å². The molecular weight excluding hydrogens is 210 g/mol. The lowest BCUT2D eigenvalue weighted by molar-refractivity contribution is 0.0137. The topological polar surface area (TPSA) is 32.3 Å². The Hall–Kier alpha value is -0.0800. The maximum absolute atomic E-state index is 10.1. The van der Waals surface area contributed by atoms with E-state index in [0.29, 0.717) is 16.9 Å². The van der Waals surface area contributed by atoms with E-state index in [-0.39, 0.29) is 6.04 Å². The number of fused-ring (bicyclic) bond motifs is 2. The summed E-state index contributed by atoms with van der Waals surface area (Å²) >= 11 is 0. The maximum Gasteiger partial charge on any atom is 0.0741 e. The molecule has 0 aliphatic heterocycles. The molecule has 2 aliphatic carbocycles. The molecule has 2 N–H and O–H groups in total. The minimum Gasteiger partial charge on any atom is -0.389 e. The van der Waals surface area contributed by atoms with Gasteiger partial charge in [0.1, 0.15) is 0 Å². The van der Waals surface area contributed by atoms with E-state index in [1.165, 1.54) is 19.3 Å². The fourth-order valence-electron chi connectivity index (χ4n) is 4.17. The highest BCUT2D eigenvalue weighted by atomic mass is 16.3. The lowest BCUT2D eigenvalue weighted by Crippen LogP contribution is -2.57. The van der Waals surface area contributed by atoms with Gasteiger partial charge in [0.2, 0.25) is 0 Å². The normalized spacial score (nSPS) is 41.8. The second-order valence-electron chi connectivity index (χ2n) is 7.89. The first-order chi connectivity index (χ1) is 7.57. The second-order valence-corrected chi connectivity index (χ2v) is 7.89. The van der Waals surface area contributed by atoms with Crippen molar-refractivity contribution in [1.82, 2.24) is 5.32 Å². The van der Waals surface area contributed by atoms with Crippen molar-refractivity contribution in [1.29, 1.82) is 0 Å². The van der Waals surface area contributed by atoms with Crippen LogP contribution in [-0.2, 0) is 0 Å². The highest BCUT2D eigenvalue weighted by molar-refractivity contribution is 5.12. The van der Waals surface area contributed by atoms with E-state index in [9.17, 15) is 5.11 Å². The van der Waals surface area contributed by atoms with Crippen LogP contribution in [0.15, 0.2) is 0 Å². The Morgan fingerprint density at radius 3 is 2.29 bits per heavy atom. The van der Waals surface area contributed by atoms with Gasteiger partial charge in [-0.15, -0.1) is 0 Å².